The van der Waals surface area contributed by atoms with E-state index in [0.29, 0.717) is 6.42 Å². The molecular formula is C15H30O2. The second-order valence-corrected chi connectivity index (χ2v) is 5.16. The molecule has 2 nitrogen and oxygen atoms in total. The molecule has 0 aromatic carbocycles. The average Bonchev–Trinajstić information content (AvgIpc) is 2.29. The molecule has 0 spiro atoms. The maximum atomic E-state index is 10.4. The second kappa shape index (κ2) is 8.71. The summed E-state index contributed by atoms with van der Waals surface area (Å²) in [5, 5.41) is 20.5. The number of aliphatic hydroxyl groups excluding tert-OH is 2. The zero-order valence-corrected chi connectivity index (χ0v) is 11.8. The third-order valence-electron chi connectivity index (χ3n) is 3.88. The summed E-state index contributed by atoms with van der Waals surface area (Å²) in [6.07, 6.45) is 7.49. The maximum Gasteiger partial charge on any atom is 0.0655 e. The van der Waals surface area contributed by atoms with Crippen LogP contribution in [0.2, 0.25) is 0 Å². The molecule has 102 valence electrons. The molecule has 0 aromatic rings. The summed E-state index contributed by atoms with van der Waals surface area (Å²) >= 11 is 0. The molecule has 0 radical (unpaired) electrons. The molecule has 0 aliphatic rings. The zero-order valence-electron chi connectivity index (χ0n) is 11.8. The highest BCUT2D eigenvalue weighted by molar-refractivity contribution is 4.93. The largest absolute Gasteiger partial charge is 0.393 e. The van der Waals surface area contributed by atoms with E-state index in [0.717, 1.165) is 38.5 Å². The molecule has 0 rings (SSSR count). The molecule has 2 N–H and O–H groups in total. The van der Waals surface area contributed by atoms with Gasteiger partial charge >= 0.3 is 0 Å². The molecule has 17 heavy (non-hydrogen) atoms. The minimum atomic E-state index is -0.474. The highest BCUT2D eigenvalue weighted by atomic mass is 16.3. The van der Waals surface area contributed by atoms with Crippen LogP contribution in [-0.4, -0.2) is 22.4 Å². The lowest BCUT2D eigenvalue weighted by atomic mass is 9.69. The van der Waals surface area contributed by atoms with Crippen molar-refractivity contribution in [2.75, 3.05) is 0 Å². The van der Waals surface area contributed by atoms with Crippen LogP contribution in [0.5, 0.6) is 0 Å². The van der Waals surface area contributed by atoms with Gasteiger partial charge in [-0.3, -0.25) is 0 Å². The number of aliphatic hydroxyl groups is 2. The van der Waals surface area contributed by atoms with Crippen LogP contribution in [0.25, 0.3) is 0 Å². The highest BCUT2D eigenvalue weighted by Gasteiger charge is 2.40. The third-order valence-corrected chi connectivity index (χ3v) is 3.88. The molecule has 2 atom stereocenters. The first-order chi connectivity index (χ1) is 8.05. The van der Waals surface area contributed by atoms with E-state index in [2.05, 4.69) is 20.4 Å². The van der Waals surface area contributed by atoms with Gasteiger partial charge in [-0.1, -0.05) is 45.6 Å². The van der Waals surface area contributed by atoms with Crippen LogP contribution < -0.4 is 0 Å². The molecule has 0 bridgehead atoms. The summed E-state index contributed by atoms with van der Waals surface area (Å²) in [5.74, 6) is 0. The van der Waals surface area contributed by atoms with E-state index >= 15 is 0 Å². The summed E-state index contributed by atoms with van der Waals surface area (Å²) in [6, 6.07) is 0. The second-order valence-electron chi connectivity index (χ2n) is 5.16. The fourth-order valence-corrected chi connectivity index (χ4v) is 2.56. The minimum Gasteiger partial charge on any atom is -0.393 e. The maximum absolute atomic E-state index is 10.4. The fraction of sp³-hybridized carbons (Fsp3) is 0.867. The van der Waals surface area contributed by atoms with Crippen LogP contribution in [0.1, 0.15) is 65.7 Å². The lowest BCUT2D eigenvalue weighted by molar-refractivity contribution is -0.0744. The predicted molar refractivity (Wildman–Crippen MR) is 74.0 cm³/mol. The molecule has 2 heteroatoms. The fourth-order valence-electron chi connectivity index (χ4n) is 2.56. The third kappa shape index (κ3) is 4.81. The Hall–Kier alpha value is -0.340. The smallest absolute Gasteiger partial charge is 0.0655 e. The standard InChI is InChI=1S/C15H30O2/c1-5-8-11-15(13(4)16,12-9-6-2)14(17)10-7-3/h7,13-14,16-17H,3,5-6,8-12H2,1-2,4H3. The van der Waals surface area contributed by atoms with Gasteiger partial charge in [0, 0.05) is 5.41 Å². The van der Waals surface area contributed by atoms with Crippen molar-refractivity contribution < 1.29 is 10.2 Å². The van der Waals surface area contributed by atoms with Gasteiger partial charge in [-0.05, 0) is 26.2 Å². The summed E-state index contributed by atoms with van der Waals surface area (Å²) < 4.78 is 0. The molecule has 0 aliphatic carbocycles. The molecule has 0 aromatic heterocycles. The van der Waals surface area contributed by atoms with E-state index in [9.17, 15) is 10.2 Å². The predicted octanol–water partition coefficient (Wildman–Crippen LogP) is 3.67. The van der Waals surface area contributed by atoms with Gasteiger partial charge in [-0.25, -0.2) is 0 Å². The Morgan fingerprint density at radius 1 is 1.12 bits per heavy atom. The Bertz CT molecular complexity index is 191. The van der Waals surface area contributed by atoms with Gasteiger partial charge < -0.3 is 10.2 Å². The monoisotopic (exact) mass is 242 g/mol. The Kier molecular flexibility index (Phi) is 8.53. The van der Waals surface area contributed by atoms with Gasteiger partial charge in [0.25, 0.3) is 0 Å². The number of hydrogen-bond acceptors (Lipinski definition) is 2. The van der Waals surface area contributed by atoms with E-state index in [1.807, 2.05) is 6.92 Å². The molecule has 0 saturated carbocycles. The molecule has 2 unspecified atom stereocenters. The molecule has 0 fully saturated rings. The summed E-state index contributed by atoms with van der Waals surface area (Å²) in [4.78, 5) is 0. The van der Waals surface area contributed by atoms with Crippen molar-refractivity contribution in [2.45, 2.75) is 77.9 Å². The van der Waals surface area contributed by atoms with E-state index < -0.39 is 12.2 Å². The minimum absolute atomic E-state index is 0.347. The van der Waals surface area contributed by atoms with Crippen molar-refractivity contribution in [2.24, 2.45) is 5.41 Å². The van der Waals surface area contributed by atoms with Gasteiger partial charge in [-0.15, -0.1) is 6.58 Å². The zero-order chi connectivity index (χ0) is 13.3. The molecule has 0 saturated heterocycles. The van der Waals surface area contributed by atoms with Crippen LogP contribution in [0.3, 0.4) is 0 Å². The van der Waals surface area contributed by atoms with Crippen molar-refractivity contribution >= 4 is 0 Å². The van der Waals surface area contributed by atoms with Gasteiger partial charge in [0.2, 0.25) is 0 Å². The van der Waals surface area contributed by atoms with Gasteiger partial charge in [0.1, 0.15) is 0 Å². The van der Waals surface area contributed by atoms with Gasteiger partial charge in [0.05, 0.1) is 12.2 Å². The summed E-state index contributed by atoms with van der Waals surface area (Å²) in [6.45, 7) is 9.80. The SMILES string of the molecule is C=CCC(O)C(CCCC)(CCCC)C(C)O. The summed E-state index contributed by atoms with van der Waals surface area (Å²) in [7, 11) is 0. The molecule has 0 aliphatic heterocycles. The lowest BCUT2D eigenvalue weighted by Crippen LogP contribution is -2.44. The van der Waals surface area contributed by atoms with Gasteiger partial charge in [-0.2, -0.15) is 0 Å². The van der Waals surface area contributed by atoms with Gasteiger partial charge in [0.15, 0.2) is 0 Å². The van der Waals surface area contributed by atoms with E-state index in [-0.39, 0.29) is 5.41 Å². The quantitative estimate of drug-likeness (QED) is 0.574. The Labute approximate surface area is 107 Å². The number of rotatable bonds is 10. The van der Waals surface area contributed by atoms with Crippen LogP contribution in [0.4, 0.5) is 0 Å². The Morgan fingerprint density at radius 3 is 1.88 bits per heavy atom. The van der Waals surface area contributed by atoms with Crippen LogP contribution in [0, 0.1) is 5.41 Å². The molecular weight excluding hydrogens is 212 g/mol. The lowest BCUT2D eigenvalue weighted by Gasteiger charge is -2.41. The van der Waals surface area contributed by atoms with Crippen molar-refractivity contribution in [3.8, 4) is 0 Å². The molecule has 0 amide bonds. The normalized spacial score (nSPS) is 15.6. The Morgan fingerprint density at radius 2 is 1.59 bits per heavy atom. The Balaban J connectivity index is 4.85. The average molecular weight is 242 g/mol. The first-order valence-electron chi connectivity index (χ1n) is 7.02. The first kappa shape index (κ1) is 16.7. The highest BCUT2D eigenvalue weighted by Crippen LogP contribution is 2.39. The van der Waals surface area contributed by atoms with Crippen molar-refractivity contribution in [3.05, 3.63) is 12.7 Å². The van der Waals surface area contributed by atoms with Crippen molar-refractivity contribution in [3.63, 3.8) is 0 Å². The summed E-state index contributed by atoms with van der Waals surface area (Å²) in [5.41, 5.74) is -0.347. The van der Waals surface area contributed by atoms with E-state index in [1.165, 1.54) is 0 Å². The van der Waals surface area contributed by atoms with Crippen LogP contribution in [-0.2, 0) is 0 Å². The van der Waals surface area contributed by atoms with E-state index in [1.54, 1.807) is 6.08 Å². The van der Waals surface area contributed by atoms with E-state index in [4.69, 9.17) is 0 Å². The topological polar surface area (TPSA) is 40.5 Å². The van der Waals surface area contributed by atoms with Crippen LogP contribution in [0.15, 0.2) is 12.7 Å². The van der Waals surface area contributed by atoms with Crippen molar-refractivity contribution in [1.82, 2.24) is 0 Å². The molecule has 0 heterocycles. The van der Waals surface area contributed by atoms with Crippen LogP contribution >= 0.6 is 0 Å². The number of unbranched alkanes of at least 4 members (excludes halogenated alkanes) is 2. The first-order valence-corrected chi connectivity index (χ1v) is 7.02. The van der Waals surface area contributed by atoms with Crippen molar-refractivity contribution in [1.29, 1.82) is 0 Å². The number of hydrogen-bond donors (Lipinski definition) is 2.